The first kappa shape index (κ1) is 10.2. The molecular formula is C13H11ClO. The SMILES string of the molecule is CC(C=O)c1ccc2ccc(Cl)cc2c1. The first-order valence-electron chi connectivity index (χ1n) is 4.85. The van der Waals surface area contributed by atoms with Crippen LogP contribution in [0.4, 0.5) is 0 Å². The van der Waals surface area contributed by atoms with Gasteiger partial charge < -0.3 is 4.79 Å². The number of rotatable bonds is 2. The molecule has 0 N–H and O–H groups in total. The Morgan fingerprint density at radius 1 is 1.13 bits per heavy atom. The van der Waals surface area contributed by atoms with Crippen LogP contribution in [0.5, 0.6) is 0 Å². The van der Waals surface area contributed by atoms with E-state index in [1.807, 2.05) is 43.3 Å². The second-order valence-corrected chi connectivity index (χ2v) is 4.11. The Morgan fingerprint density at radius 3 is 2.60 bits per heavy atom. The summed E-state index contributed by atoms with van der Waals surface area (Å²) >= 11 is 5.91. The van der Waals surface area contributed by atoms with Gasteiger partial charge in [0.25, 0.3) is 0 Å². The van der Waals surface area contributed by atoms with E-state index in [4.69, 9.17) is 11.6 Å². The van der Waals surface area contributed by atoms with Crippen LogP contribution < -0.4 is 0 Å². The Hall–Kier alpha value is -1.34. The average molecular weight is 219 g/mol. The summed E-state index contributed by atoms with van der Waals surface area (Å²) in [6, 6.07) is 11.8. The van der Waals surface area contributed by atoms with Crippen molar-refractivity contribution in [3.05, 3.63) is 47.0 Å². The summed E-state index contributed by atoms with van der Waals surface area (Å²) in [5.41, 5.74) is 1.03. The van der Waals surface area contributed by atoms with Crippen LogP contribution in [0, 0.1) is 0 Å². The molecule has 2 rings (SSSR count). The number of hydrogen-bond acceptors (Lipinski definition) is 1. The predicted molar refractivity (Wildman–Crippen MR) is 63.4 cm³/mol. The number of halogens is 1. The second kappa shape index (κ2) is 4.03. The fourth-order valence-electron chi connectivity index (χ4n) is 1.60. The van der Waals surface area contributed by atoms with Gasteiger partial charge in [0, 0.05) is 10.9 Å². The van der Waals surface area contributed by atoms with Gasteiger partial charge in [-0.1, -0.05) is 42.8 Å². The molecule has 0 radical (unpaired) electrons. The highest BCUT2D eigenvalue weighted by Gasteiger charge is 2.04. The van der Waals surface area contributed by atoms with Crippen LogP contribution in [-0.2, 0) is 4.79 Å². The molecule has 0 aromatic heterocycles. The van der Waals surface area contributed by atoms with E-state index in [0.717, 1.165) is 27.6 Å². The fraction of sp³-hybridized carbons (Fsp3) is 0.154. The van der Waals surface area contributed by atoms with E-state index in [1.54, 1.807) is 0 Å². The molecule has 1 unspecified atom stereocenters. The van der Waals surface area contributed by atoms with Gasteiger partial charge in [-0.3, -0.25) is 0 Å². The van der Waals surface area contributed by atoms with Crippen molar-refractivity contribution in [1.82, 2.24) is 0 Å². The molecular weight excluding hydrogens is 208 g/mol. The van der Waals surface area contributed by atoms with Crippen molar-refractivity contribution in [1.29, 1.82) is 0 Å². The van der Waals surface area contributed by atoms with Gasteiger partial charge in [-0.25, -0.2) is 0 Å². The van der Waals surface area contributed by atoms with E-state index >= 15 is 0 Å². The highest BCUT2D eigenvalue weighted by Crippen LogP contribution is 2.23. The van der Waals surface area contributed by atoms with E-state index in [1.165, 1.54) is 0 Å². The zero-order valence-electron chi connectivity index (χ0n) is 8.41. The topological polar surface area (TPSA) is 17.1 Å². The van der Waals surface area contributed by atoms with E-state index in [0.29, 0.717) is 0 Å². The number of fused-ring (bicyclic) bond motifs is 1. The van der Waals surface area contributed by atoms with Crippen molar-refractivity contribution < 1.29 is 4.79 Å². The minimum Gasteiger partial charge on any atom is -0.303 e. The highest BCUT2D eigenvalue weighted by molar-refractivity contribution is 6.31. The molecule has 0 aliphatic rings. The van der Waals surface area contributed by atoms with Crippen LogP contribution >= 0.6 is 11.6 Å². The highest BCUT2D eigenvalue weighted by atomic mass is 35.5. The van der Waals surface area contributed by atoms with Crippen LogP contribution in [0.1, 0.15) is 18.4 Å². The van der Waals surface area contributed by atoms with Gasteiger partial charge >= 0.3 is 0 Å². The molecule has 0 amide bonds. The lowest BCUT2D eigenvalue weighted by atomic mass is 9.99. The summed E-state index contributed by atoms with van der Waals surface area (Å²) < 4.78 is 0. The number of carbonyl (C=O) groups is 1. The lowest BCUT2D eigenvalue weighted by Gasteiger charge is -2.06. The molecule has 0 saturated heterocycles. The van der Waals surface area contributed by atoms with Gasteiger partial charge in [-0.05, 0) is 28.5 Å². The van der Waals surface area contributed by atoms with Gasteiger partial charge in [0.05, 0.1) is 0 Å². The molecule has 1 atom stereocenters. The maximum absolute atomic E-state index is 10.7. The summed E-state index contributed by atoms with van der Waals surface area (Å²) in [4.78, 5) is 10.7. The maximum atomic E-state index is 10.7. The standard InChI is InChI=1S/C13H11ClO/c1-9(8-15)11-3-2-10-4-5-13(14)7-12(10)6-11/h2-9H,1H3. The third kappa shape index (κ3) is 2.02. The molecule has 0 bridgehead atoms. The van der Waals surface area contributed by atoms with Crippen LogP contribution in [0.3, 0.4) is 0 Å². The van der Waals surface area contributed by atoms with Crippen LogP contribution in [-0.4, -0.2) is 6.29 Å². The smallest absolute Gasteiger partial charge is 0.127 e. The van der Waals surface area contributed by atoms with Crippen molar-refractivity contribution >= 4 is 28.7 Å². The van der Waals surface area contributed by atoms with Gasteiger partial charge in [0.15, 0.2) is 0 Å². The van der Waals surface area contributed by atoms with E-state index in [9.17, 15) is 4.79 Å². The molecule has 0 heterocycles. The van der Waals surface area contributed by atoms with Crippen molar-refractivity contribution in [3.63, 3.8) is 0 Å². The van der Waals surface area contributed by atoms with Crippen molar-refractivity contribution in [2.45, 2.75) is 12.8 Å². The minimum atomic E-state index is -0.0617. The predicted octanol–water partition coefficient (Wildman–Crippen LogP) is 3.80. The molecule has 2 heteroatoms. The number of benzene rings is 2. The van der Waals surface area contributed by atoms with Crippen LogP contribution in [0.15, 0.2) is 36.4 Å². The zero-order valence-corrected chi connectivity index (χ0v) is 9.16. The number of hydrogen-bond donors (Lipinski definition) is 0. The largest absolute Gasteiger partial charge is 0.303 e. The molecule has 2 aromatic rings. The molecule has 0 spiro atoms. The second-order valence-electron chi connectivity index (χ2n) is 3.68. The normalized spacial score (nSPS) is 12.7. The Balaban J connectivity index is 2.58. The molecule has 15 heavy (non-hydrogen) atoms. The summed E-state index contributed by atoms with van der Waals surface area (Å²) in [5.74, 6) is -0.0617. The van der Waals surface area contributed by atoms with Crippen LogP contribution in [0.2, 0.25) is 5.02 Å². The Bertz CT molecular complexity index is 505. The summed E-state index contributed by atoms with van der Waals surface area (Å²) in [6.07, 6.45) is 0.950. The lowest BCUT2D eigenvalue weighted by molar-refractivity contribution is -0.108. The average Bonchev–Trinajstić information content (AvgIpc) is 2.27. The first-order chi connectivity index (χ1) is 7.20. The summed E-state index contributed by atoms with van der Waals surface area (Å²) in [6.45, 7) is 1.89. The summed E-state index contributed by atoms with van der Waals surface area (Å²) in [5, 5.41) is 2.94. The Labute approximate surface area is 93.7 Å². The third-order valence-electron chi connectivity index (χ3n) is 2.56. The Kier molecular flexibility index (Phi) is 2.74. The van der Waals surface area contributed by atoms with Crippen LogP contribution in [0.25, 0.3) is 10.8 Å². The van der Waals surface area contributed by atoms with Crippen molar-refractivity contribution in [3.8, 4) is 0 Å². The fourth-order valence-corrected chi connectivity index (χ4v) is 1.78. The number of aldehydes is 1. The minimum absolute atomic E-state index is 0.0617. The van der Waals surface area contributed by atoms with Gasteiger partial charge in [-0.2, -0.15) is 0 Å². The monoisotopic (exact) mass is 218 g/mol. The lowest BCUT2D eigenvalue weighted by Crippen LogP contribution is -1.93. The number of carbonyl (C=O) groups excluding carboxylic acids is 1. The van der Waals surface area contributed by atoms with Gasteiger partial charge in [-0.15, -0.1) is 0 Å². The molecule has 0 fully saturated rings. The van der Waals surface area contributed by atoms with E-state index in [2.05, 4.69) is 0 Å². The molecule has 1 nitrogen and oxygen atoms in total. The summed E-state index contributed by atoms with van der Waals surface area (Å²) in [7, 11) is 0. The Morgan fingerprint density at radius 2 is 1.87 bits per heavy atom. The molecule has 0 aliphatic heterocycles. The van der Waals surface area contributed by atoms with Crippen molar-refractivity contribution in [2.24, 2.45) is 0 Å². The van der Waals surface area contributed by atoms with Crippen molar-refractivity contribution in [2.75, 3.05) is 0 Å². The maximum Gasteiger partial charge on any atom is 0.127 e. The molecule has 0 saturated carbocycles. The molecule has 2 aromatic carbocycles. The van der Waals surface area contributed by atoms with Gasteiger partial charge in [0.1, 0.15) is 6.29 Å². The van der Waals surface area contributed by atoms with E-state index in [-0.39, 0.29) is 5.92 Å². The molecule has 0 aliphatic carbocycles. The quantitative estimate of drug-likeness (QED) is 0.701. The first-order valence-corrected chi connectivity index (χ1v) is 5.23. The third-order valence-corrected chi connectivity index (χ3v) is 2.79. The van der Waals surface area contributed by atoms with Gasteiger partial charge in [0.2, 0.25) is 0 Å². The van der Waals surface area contributed by atoms with E-state index < -0.39 is 0 Å². The zero-order chi connectivity index (χ0) is 10.8. The molecule has 76 valence electrons.